The summed E-state index contributed by atoms with van der Waals surface area (Å²) in [4.78, 5) is 4.34. The lowest BCUT2D eigenvalue weighted by atomic mass is 10.1. The second kappa shape index (κ2) is 8.42. The highest BCUT2D eigenvalue weighted by molar-refractivity contribution is 14.0. The molecule has 0 aromatic carbocycles. The molecule has 0 aliphatic carbocycles. The van der Waals surface area contributed by atoms with Crippen molar-refractivity contribution < 1.29 is 9.52 Å². The Morgan fingerprint density at radius 3 is 2.63 bits per heavy atom. The number of guanidine groups is 1. The Morgan fingerprint density at radius 1 is 1.47 bits per heavy atom. The summed E-state index contributed by atoms with van der Waals surface area (Å²) in [5, 5.41) is 16.3. The van der Waals surface area contributed by atoms with Crippen LogP contribution in [0.1, 0.15) is 39.6 Å². The third-order valence-corrected chi connectivity index (χ3v) is 2.13. The predicted octanol–water partition coefficient (Wildman–Crippen LogP) is 2.28. The van der Waals surface area contributed by atoms with E-state index in [1.165, 1.54) is 0 Å². The first-order chi connectivity index (χ1) is 8.42. The zero-order valence-corrected chi connectivity index (χ0v) is 14.3. The standard InChI is InChI=1S/C13H23N3O2.HI/c1-5-14-12(16-13(2,3)4)15-9-10(17)11-7-6-8-18-11;/h6-8,10,17H,5,9H2,1-4H3,(H2,14,15,16);1H. The van der Waals surface area contributed by atoms with Crippen LogP contribution in [0.5, 0.6) is 0 Å². The minimum absolute atomic E-state index is 0. The maximum Gasteiger partial charge on any atom is 0.191 e. The van der Waals surface area contributed by atoms with Gasteiger partial charge in [-0.1, -0.05) is 0 Å². The number of hydrogen-bond acceptors (Lipinski definition) is 3. The van der Waals surface area contributed by atoms with Crippen molar-refractivity contribution >= 4 is 29.9 Å². The lowest BCUT2D eigenvalue weighted by Gasteiger charge is -2.23. The van der Waals surface area contributed by atoms with Gasteiger partial charge in [-0.2, -0.15) is 0 Å². The van der Waals surface area contributed by atoms with Gasteiger partial charge in [0.15, 0.2) is 5.96 Å². The Hall–Kier alpha value is -0.760. The van der Waals surface area contributed by atoms with Crippen LogP contribution in [0.15, 0.2) is 27.8 Å². The monoisotopic (exact) mass is 381 g/mol. The van der Waals surface area contributed by atoms with E-state index in [4.69, 9.17) is 4.42 Å². The maximum atomic E-state index is 9.87. The maximum absolute atomic E-state index is 9.87. The van der Waals surface area contributed by atoms with Gasteiger partial charge in [0.2, 0.25) is 0 Å². The van der Waals surface area contributed by atoms with E-state index >= 15 is 0 Å². The number of furan rings is 1. The molecule has 1 aromatic rings. The largest absolute Gasteiger partial charge is 0.467 e. The van der Waals surface area contributed by atoms with Crippen LogP contribution in [0, 0.1) is 0 Å². The second-order valence-electron chi connectivity index (χ2n) is 5.13. The van der Waals surface area contributed by atoms with Crippen LogP contribution >= 0.6 is 24.0 Å². The highest BCUT2D eigenvalue weighted by Crippen LogP contribution is 2.12. The molecule has 3 N–H and O–H groups in total. The Kier molecular flexibility index (Phi) is 8.08. The Balaban J connectivity index is 0.00000324. The van der Waals surface area contributed by atoms with Gasteiger partial charge in [-0.3, -0.25) is 4.99 Å². The topological polar surface area (TPSA) is 69.8 Å². The lowest BCUT2D eigenvalue weighted by molar-refractivity contribution is 0.158. The molecule has 1 atom stereocenters. The second-order valence-corrected chi connectivity index (χ2v) is 5.13. The minimum Gasteiger partial charge on any atom is -0.467 e. The number of aliphatic hydroxyl groups excluding tert-OH is 1. The summed E-state index contributed by atoms with van der Waals surface area (Å²) < 4.78 is 5.13. The zero-order chi connectivity index (χ0) is 13.6. The van der Waals surface area contributed by atoms with E-state index in [0.717, 1.165) is 6.54 Å². The first-order valence-electron chi connectivity index (χ1n) is 6.20. The molecule has 0 saturated carbocycles. The summed E-state index contributed by atoms with van der Waals surface area (Å²) in [6.45, 7) is 9.22. The Labute approximate surface area is 131 Å². The van der Waals surface area contributed by atoms with Gasteiger partial charge in [-0.15, -0.1) is 24.0 Å². The lowest BCUT2D eigenvalue weighted by Crippen LogP contribution is -2.47. The fourth-order valence-electron chi connectivity index (χ4n) is 1.41. The van der Waals surface area contributed by atoms with Crippen molar-refractivity contribution in [2.75, 3.05) is 13.1 Å². The van der Waals surface area contributed by atoms with Crippen molar-refractivity contribution in [2.45, 2.75) is 39.3 Å². The first kappa shape index (κ1) is 18.2. The third-order valence-electron chi connectivity index (χ3n) is 2.13. The molecule has 110 valence electrons. The molecule has 1 aromatic heterocycles. The Morgan fingerprint density at radius 2 is 2.16 bits per heavy atom. The van der Waals surface area contributed by atoms with Gasteiger partial charge in [0.05, 0.1) is 12.8 Å². The van der Waals surface area contributed by atoms with Gasteiger partial charge in [0, 0.05) is 12.1 Å². The van der Waals surface area contributed by atoms with Crippen LogP contribution in [0.4, 0.5) is 0 Å². The van der Waals surface area contributed by atoms with Crippen LogP contribution in [0.3, 0.4) is 0 Å². The van der Waals surface area contributed by atoms with Crippen LogP contribution in [0.25, 0.3) is 0 Å². The highest BCUT2D eigenvalue weighted by atomic mass is 127. The smallest absolute Gasteiger partial charge is 0.191 e. The number of hydrogen-bond donors (Lipinski definition) is 3. The van der Waals surface area contributed by atoms with Crippen LogP contribution < -0.4 is 10.6 Å². The number of nitrogens with zero attached hydrogens (tertiary/aromatic N) is 1. The number of nitrogens with one attached hydrogen (secondary N) is 2. The minimum atomic E-state index is -0.713. The molecule has 6 heteroatoms. The van der Waals surface area contributed by atoms with Gasteiger partial charge < -0.3 is 20.2 Å². The van der Waals surface area contributed by atoms with E-state index in [-0.39, 0.29) is 36.1 Å². The van der Waals surface area contributed by atoms with Gasteiger partial charge in [-0.25, -0.2) is 0 Å². The summed E-state index contributed by atoms with van der Waals surface area (Å²) in [5.41, 5.74) is -0.0728. The molecule has 0 bridgehead atoms. The van der Waals surface area contributed by atoms with Gasteiger partial charge in [0.25, 0.3) is 0 Å². The first-order valence-corrected chi connectivity index (χ1v) is 6.20. The van der Waals surface area contributed by atoms with E-state index in [1.54, 1.807) is 18.4 Å². The van der Waals surface area contributed by atoms with E-state index in [9.17, 15) is 5.11 Å². The van der Waals surface area contributed by atoms with E-state index in [1.807, 2.05) is 6.92 Å². The summed E-state index contributed by atoms with van der Waals surface area (Å²) >= 11 is 0. The van der Waals surface area contributed by atoms with Crippen molar-refractivity contribution in [2.24, 2.45) is 4.99 Å². The average molecular weight is 381 g/mol. The molecule has 0 fully saturated rings. The number of halogens is 1. The van der Waals surface area contributed by atoms with Gasteiger partial charge in [-0.05, 0) is 39.8 Å². The number of rotatable bonds is 4. The molecule has 5 nitrogen and oxygen atoms in total. The fourth-order valence-corrected chi connectivity index (χ4v) is 1.41. The molecule has 1 unspecified atom stereocenters. The molecule has 0 radical (unpaired) electrons. The molecule has 0 saturated heterocycles. The van der Waals surface area contributed by atoms with Crippen molar-refractivity contribution in [1.29, 1.82) is 0 Å². The average Bonchev–Trinajstić information content (AvgIpc) is 2.77. The molecular formula is C13H24IN3O2. The van der Waals surface area contributed by atoms with E-state index < -0.39 is 6.10 Å². The molecule has 0 aliphatic heterocycles. The van der Waals surface area contributed by atoms with E-state index in [2.05, 4.69) is 36.4 Å². The molecule has 0 aliphatic rings. The zero-order valence-electron chi connectivity index (χ0n) is 11.9. The summed E-state index contributed by atoms with van der Waals surface area (Å²) in [6.07, 6.45) is 0.830. The highest BCUT2D eigenvalue weighted by Gasteiger charge is 2.13. The van der Waals surface area contributed by atoms with Gasteiger partial charge >= 0.3 is 0 Å². The van der Waals surface area contributed by atoms with Crippen molar-refractivity contribution in [1.82, 2.24) is 10.6 Å². The van der Waals surface area contributed by atoms with Crippen LogP contribution in [-0.4, -0.2) is 29.7 Å². The molecule has 0 amide bonds. The SMILES string of the molecule is CCNC(=NCC(O)c1ccco1)NC(C)(C)C.I. The number of aliphatic imine (C=N–C) groups is 1. The molecule has 0 spiro atoms. The number of aliphatic hydroxyl groups is 1. The summed E-state index contributed by atoms with van der Waals surface area (Å²) in [5.74, 6) is 1.22. The Bertz CT molecular complexity index is 372. The normalized spacial score (nSPS) is 13.6. The predicted molar refractivity (Wildman–Crippen MR) is 88.0 cm³/mol. The molecular weight excluding hydrogens is 357 g/mol. The van der Waals surface area contributed by atoms with Crippen molar-refractivity contribution in [3.8, 4) is 0 Å². The third kappa shape index (κ3) is 7.41. The van der Waals surface area contributed by atoms with Crippen LogP contribution in [0.2, 0.25) is 0 Å². The quantitative estimate of drug-likeness (QED) is 0.425. The van der Waals surface area contributed by atoms with E-state index in [0.29, 0.717) is 11.7 Å². The van der Waals surface area contributed by atoms with Crippen LogP contribution in [-0.2, 0) is 0 Å². The molecule has 19 heavy (non-hydrogen) atoms. The van der Waals surface area contributed by atoms with Gasteiger partial charge in [0.1, 0.15) is 11.9 Å². The summed E-state index contributed by atoms with van der Waals surface area (Å²) in [6, 6.07) is 3.49. The van der Waals surface area contributed by atoms with Crippen molar-refractivity contribution in [3.05, 3.63) is 24.2 Å². The summed E-state index contributed by atoms with van der Waals surface area (Å²) in [7, 11) is 0. The molecule has 1 heterocycles. The van der Waals surface area contributed by atoms with Crippen molar-refractivity contribution in [3.63, 3.8) is 0 Å². The fraction of sp³-hybridized carbons (Fsp3) is 0.615. The molecule has 1 rings (SSSR count).